The summed E-state index contributed by atoms with van der Waals surface area (Å²) >= 11 is 5.97. The molecule has 0 aliphatic rings. The average molecular weight is 400 g/mol. The van der Waals surface area contributed by atoms with Crippen molar-refractivity contribution in [3.63, 3.8) is 0 Å². The molecule has 0 spiro atoms. The lowest BCUT2D eigenvalue weighted by molar-refractivity contribution is -0.383. The molecule has 0 amide bonds. The summed E-state index contributed by atoms with van der Waals surface area (Å²) in [6.07, 6.45) is 1.26. The van der Waals surface area contributed by atoms with Gasteiger partial charge in [0.1, 0.15) is 12.1 Å². The van der Waals surface area contributed by atoms with Crippen molar-refractivity contribution >= 4 is 40.3 Å². The molecule has 2 aromatic carbocycles. The van der Waals surface area contributed by atoms with E-state index >= 15 is 0 Å². The number of benzene rings is 2. The summed E-state index contributed by atoms with van der Waals surface area (Å²) in [4.78, 5) is 19.3. The van der Waals surface area contributed by atoms with E-state index in [2.05, 4.69) is 20.6 Å². The Morgan fingerprint density at radius 3 is 2.39 bits per heavy atom. The fourth-order valence-electron chi connectivity index (χ4n) is 2.57. The molecule has 0 saturated carbocycles. The lowest BCUT2D eigenvalue weighted by Gasteiger charge is -2.12. The van der Waals surface area contributed by atoms with E-state index in [0.717, 1.165) is 5.56 Å². The van der Waals surface area contributed by atoms with E-state index in [1.807, 2.05) is 13.8 Å². The van der Waals surface area contributed by atoms with Gasteiger partial charge in [-0.05, 0) is 61.9 Å². The van der Waals surface area contributed by atoms with Crippen molar-refractivity contribution in [2.45, 2.75) is 13.8 Å². The maximum absolute atomic E-state index is 11.7. The van der Waals surface area contributed by atoms with E-state index in [1.54, 1.807) is 42.5 Å². The molecule has 9 heteroatoms. The number of hydrogen-bond acceptors (Lipinski definition) is 7. The van der Waals surface area contributed by atoms with Crippen molar-refractivity contribution in [3.8, 4) is 5.75 Å². The predicted octanol–water partition coefficient (Wildman–Crippen LogP) is 5.23. The highest BCUT2D eigenvalue weighted by Crippen LogP contribution is 2.34. The van der Waals surface area contributed by atoms with Gasteiger partial charge in [0.2, 0.25) is 11.6 Å². The normalized spacial score (nSPS) is 10.4. The smallest absolute Gasteiger partial charge is 0.353 e. The number of nitrogens with one attached hydrogen (secondary N) is 2. The molecular weight excluding hydrogens is 382 g/mol. The Morgan fingerprint density at radius 2 is 1.79 bits per heavy atom. The van der Waals surface area contributed by atoms with E-state index in [9.17, 15) is 10.1 Å². The van der Waals surface area contributed by atoms with Crippen molar-refractivity contribution in [1.82, 2.24) is 9.97 Å². The Labute approximate surface area is 166 Å². The molecule has 0 bridgehead atoms. The first-order chi connectivity index (χ1) is 13.5. The number of halogens is 1. The van der Waals surface area contributed by atoms with Crippen LogP contribution in [0.1, 0.15) is 12.5 Å². The molecule has 1 aromatic heterocycles. The van der Waals surface area contributed by atoms with E-state index in [0.29, 0.717) is 28.8 Å². The minimum atomic E-state index is -0.523. The second-order valence-electron chi connectivity index (χ2n) is 5.84. The maximum atomic E-state index is 11.7. The lowest BCUT2D eigenvalue weighted by atomic mass is 10.2. The third kappa shape index (κ3) is 4.47. The summed E-state index contributed by atoms with van der Waals surface area (Å²) in [7, 11) is 0. The second-order valence-corrected chi connectivity index (χ2v) is 6.28. The van der Waals surface area contributed by atoms with Gasteiger partial charge in [0, 0.05) is 16.4 Å². The van der Waals surface area contributed by atoms with Gasteiger partial charge in [0.05, 0.1) is 11.5 Å². The average Bonchev–Trinajstić information content (AvgIpc) is 2.66. The molecule has 0 radical (unpaired) electrons. The van der Waals surface area contributed by atoms with Crippen LogP contribution in [0, 0.1) is 17.0 Å². The first-order valence-corrected chi connectivity index (χ1v) is 8.88. The largest absolute Gasteiger partial charge is 0.494 e. The van der Waals surface area contributed by atoms with Crippen LogP contribution in [0.15, 0.2) is 48.8 Å². The van der Waals surface area contributed by atoms with Crippen LogP contribution in [0.3, 0.4) is 0 Å². The van der Waals surface area contributed by atoms with Crippen molar-refractivity contribution in [1.29, 1.82) is 0 Å². The number of aromatic nitrogens is 2. The molecule has 0 saturated heterocycles. The van der Waals surface area contributed by atoms with Crippen LogP contribution in [0.25, 0.3) is 0 Å². The Bertz CT molecular complexity index is 995. The van der Waals surface area contributed by atoms with Gasteiger partial charge in [-0.25, -0.2) is 9.97 Å². The van der Waals surface area contributed by atoms with Crippen LogP contribution in [0.4, 0.5) is 28.7 Å². The summed E-state index contributed by atoms with van der Waals surface area (Å²) in [6, 6.07) is 12.3. The topological polar surface area (TPSA) is 102 Å². The molecule has 8 nitrogen and oxygen atoms in total. The second kappa shape index (κ2) is 8.53. The van der Waals surface area contributed by atoms with Crippen LogP contribution in [0.5, 0.6) is 5.75 Å². The number of aryl methyl sites for hydroxylation is 1. The Balaban J connectivity index is 1.92. The number of ether oxygens (including phenoxy) is 1. The molecular formula is C19H18ClN5O3. The van der Waals surface area contributed by atoms with Gasteiger partial charge in [-0.15, -0.1) is 0 Å². The minimum Gasteiger partial charge on any atom is -0.494 e. The number of hydrogen-bond donors (Lipinski definition) is 2. The Hall–Kier alpha value is -3.39. The molecule has 0 fully saturated rings. The molecule has 1 heterocycles. The van der Waals surface area contributed by atoms with Crippen LogP contribution in [0.2, 0.25) is 5.02 Å². The maximum Gasteiger partial charge on any atom is 0.353 e. The van der Waals surface area contributed by atoms with E-state index in [-0.39, 0.29) is 17.3 Å². The summed E-state index contributed by atoms with van der Waals surface area (Å²) in [6.45, 7) is 4.30. The van der Waals surface area contributed by atoms with E-state index < -0.39 is 4.92 Å². The molecule has 28 heavy (non-hydrogen) atoms. The quantitative estimate of drug-likeness (QED) is 0.414. The first-order valence-electron chi connectivity index (χ1n) is 8.50. The van der Waals surface area contributed by atoms with E-state index in [1.165, 1.54) is 6.33 Å². The monoisotopic (exact) mass is 399 g/mol. The molecule has 3 aromatic rings. The Kier molecular flexibility index (Phi) is 5.90. The van der Waals surface area contributed by atoms with Crippen LogP contribution in [-0.4, -0.2) is 21.5 Å². The van der Waals surface area contributed by atoms with Crippen LogP contribution in [-0.2, 0) is 0 Å². The molecule has 2 N–H and O–H groups in total. The van der Waals surface area contributed by atoms with Crippen molar-refractivity contribution in [2.75, 3.05) is 17.2 Å². The van der Waals surface area contributed by atoms with Crippen molar-refractivity contribution in [3.05, 3.63) is 69.5 Å². The fraction of sp³-hybridized carbons (Fsp3) is 0.158. The van der Waals surface area contributed by atoms with Crippen molar-refractivity contribution in [2.24, 2.45) is 0 Å². The van der Waals surface area contributed by atoms with Gasteiger partial charge in [0.15, 0.2) is 0 Å². The van der Waals surface area contributed by atoms with Gasteiger partial charge in [-0.1, -0.05) is 11.6 Å². The highest BCUT2D eigenvalue weighted by Gasteiger charge is 2.23. The molecule has 0 aliphatic carbocycles. The third-order valence-electron chi connectivity index (χ3n) is 3.87. The summed E-state index contributed by atoms with van der Waals surface area (Å²) in [5.41, 5.74) is 1.88. The Morgan fingerprint density at radius 1 is 1.11 bits per heavy atom. The van der Waals surface area contributed by atoms with Gasteiger partial charge in [0.25, 0.3) is 0 Å². The molecule has 0 unspecified atom stereocenters. The van der Waals surface area contributed by atoms with Crippen molar-refractivity contribution < 1.29 is 9.66 Å². The number of nitrogens with zero attached hydrogens (tertiary/aromatic N) is 3. The lowest BCUT2D eigenvalue weighted by Crippen LogP contribution is -2.06. The fourth-order valence-corrected chi connectivity index (χ4v) is 2.79. The number of rotatable bonds is 7. The summed E-state index contributed by atoms with van der Waals surface area (Å²) in [5.74, 6) is 0.878. The zero-order valence-corrected chi connectivity index (χ0v) is 16.0. The molecule has 0 atom stereocenters. The standard InChI is InChI=1S/C19H18ClN5O3/c1-3-28-15-7-5-14(6-8-15)23-18-17(25(26)27)19(22-11-21-18)24-16-9-4-13(20)10-12(16)2/h4-11H,3H2,1-2H3,(H2,21,22,23,24). The number of anilines is 4. The predicted molar refractivity (Wildman–Crippen MR) is 109 cm³/mol. The minimum absolute atomic E-state index is 0.0817. The van der Waals surface area contributed by atoms with Gasteiger partial charge in [-0.3, -0.25) is 10.1 Å². The van der Waals surface area contributed by atoms with Gasteiger partial charge < -0.3 is 15.4 Å². The highest BCUT2D eigenvalue weighted by molar-refractivity contribution is 6.30. The summed E-state index contributed by atoms with van der Waals surface area (Å²) < 4.78 is 5.40. The third-order valence-corrected chi connectivity index (χ3v) is 4.11. The van der Waals surface area contributed by atoms with Gasteiger partial charge >= 0.3 is 5.69 Å². The molecule has 3 rings (SSSR count). The zero-order chi connectivity index (χ0) is 20.1. The van der Waals surface area contributed by atoms with Crippen LogP contribution >= 0.6 is 11.6 Å². The SMILES string of the molecule is CCOc1ccc(Nc2ncnc(Nc3ccc(Cl)cc3C)c2[N+](=O)[O-])cc1. The first kappa shape index (κ1) is 19.4. The molecule has 0 aliphatic heterocycles. The molecule has 144 valence electrons. The highest BCUT2D eigenvalue weighted by atomic mass is 35.5. The van der Waals surface area contributed by atoms with E-state index in [4.69, 9.17) is 16.3 Å². The van der Waals surface area contributed by atoms with Gasteiger partial charge in [-0.2, -0.15) is 0 Å². The zero-order valence-electron chi connectivity index (χ0n) is 15.3. The summed E-state index contributed by atoms with van der Waals surface area (Å²) in [5, 5.41) is 18.2. The van der Waals surface area contributed by atoms with Crippen LogP contribution < -0.4 is 15.4 Å². The number of nitro groups is 1.